The lowest BCUT2D eigenvalue weighted by molar-refractivity contribution is 0.0638. The molecule has 4 heteroatoms. The third kappa shape index (κ3) is 2.88. The van der Waals surface area contributed by atoms with Crippen LogP contribution in [0.15, 0.2) is 18.3 Å². The van der Waals surface area contributed by atoms with Gasteiger partial charge in [0.05, 0.1) is 6.61 Å². The van der Waals surface area contributed by atoms with Crippen molar-refractivity contribution in [3.8, 4) is 0 Å². The number of carbonyl (C=O) groups excluding carboxylic acids is 1. The molecule has 0 unspecified atom stereocenters. The van der Waals surface area contributed by atoms with Crippen molar-refractivity contribution in [3.63, 3.8) is 0 Å². The van der Waals surface area contributed by atoms with E-state index in [9.17, 15) is 4.79 Å². The molecule has 1 aromatic rings. The van der Waals surface area contributed by atoms with E-state index in [4.69, 9.17) is 5.11 Å². The maximum atomic E-state index is 12.5. The number of aliphatic hydroxyl groups excluding tert-OH is 1. The summed E-state index contributed by atoms with van der Waals surface area (Å²) in [6.07, 6.45) is 6.12. The van der Waals surface area contributed by atoms with E-state index >= 15 is 0 Å². The number of pyridine rings is 1. The summed E-state index contributed by atoms with van der Waals surface area (Å²) in [4.78, 5) is 18.4. The van der Waals surface area contributed by atoms with Gasteiger partial charge in [-0.3, -0.25) is 9.78 Å². The molecule has 1 N–H and O–H groups in total. The first-order valence-electron chi connectivity index (χ1n) is 6.57. The van der Waals surface area contributed by atoms with E-state index in [2.05, 4.69) is 4.98 Å². The topological polar surface area (TPSA) is 53.4 Å². The van der Waals surface area contributed by atoms with Crippen LogP contribution < -0.4 is 0 Å². The Hall–Kier alpha value is -1.42. The molecule has 1 fully saturated rings. The number of carbonyl (C=O) groups is 1. The van der Waals surface area contributed by atoms with Gasteiger partial charge in [0, 0.05) is 30.0 Å². The number of hydrogen-bond donors (Lipinski definition) is 1. The van der Waals surface area contributed by atoms with Gasteiger partial charge in [0.2, 0.25) is 0 Å². The van der Waals surface area contributed by atoms with E-state index in [1.807, 2.05) is 17.9 Å². The minimum Gasteiger partial charge on any atom is -0.395 e. The highest BCUT2D eigenvalue weighted by molar-refractivity contribution is 5.94. The summed E-state index contributed by atoms with van der Waals surface area (Å²) in [5.74, 6) is 0.0152. The number of amides is 1. The molecule has 1 saturated carbocycles. The Labute approximate surface area is 108 Å². The molecule has 1 heterocycles. The number of nitrogens with zero attached hydrogens (tertiary/aromatic N) is 2. The molecule has 1 amide bonds. The second kappa shape index (κ2) is 5.96. The lowest BCUT2D eigenvalue weighted by atomic mass is 10.1. The highest BCUT2D eigenvalue weighted by Gasteiger charge is 2.26. The summed E-state index contributed by atoms with van der Waals surface area (Å²) in [7, 11) is 0. The smallest absolute Gasteiger partial charge is 0.254 e. The Balaban J connectivity index is 2.17. The van der Waals surface area contributed by atoms with Gasteiger partial charge in [-0.05, 0) is 31.9 Å². The molecule has 0 aromatic carbocycles. The maximum absolute atomic E-state index is 12.5. The minimum atomic E-state index is 0.0152. The average molecular weight is 248 g/mol. The van der Waals surface area contributed by atoms with Crippen molar-refractivity contribution in [1.29, 1.82) is 0 Å². The third-order valence-electron chi connectivity index (χ3n) is 3.51. The molecule has 2 rings (SSSR count). The molecule has 4 nitrogen and oxygen atoms in total. The minimum absolute atomic E-state index is 0.0152. The van der Waals surface area contributed by atoms with Gasteiger partial charge in [-0.25, -0.2) is 0 Å². The Kier molecular flexibility index (Phi) is 4.31. The van der Waals surface area contributed by atoms with Crippen LogP contribution in [0.2, 0.25) is 0 Å². The van der Waals surface area contributed by atoms with Crippen LogP contribution in [0.25, 0.3) is 0 Å². The van der Waals surface area contributed by atoms with Crippen LogP contribution >= 0.6 is 0 Å². The van der Waals surface area contributed by atoms with Crippen LogP contribution in [-0.4, -0.2) is 40.1 Å². The molecule has 0 spiro atoms. The highest BCUT2D eigenvalue weighted by atomic mass is 16.3. The fraction of sp³-hybridized carbons (Fsp3) is 0.571. The largest absolute Gasteiger partial charge is 0.395 e. The van der Waals surface area contributed by atoms with E-state index in [1.165, 1.54) is 12.8 Å². The van der Waals surface area contributed by atoms with E-state index in [-0.39, 0.29) is 18.6 Å². The normalized spacial score (nSPS) is 15.9. The lowest BCUT2D eigenvalue weighted by Gasteiger charge is -2.28. The van der Waals surface area contributed by atoms with Crippen molar-refractivity contribution in [2.45, 2.75) is 38.6 Å². The summed E-state index contributed by atoms with van der Waals surface area (Å²) < 4.78 is 0. The van der Waals surface area contributed by atoms with Crippen LogP contribution in [0.3, 0.4) is 0 Å². The van der Waals surface area contributed by atoms with Crippen LogP contribution in [-0.2, 0) is 0 Å². The molecule has 1 aliphatic rings. The fourth-order valence-electron chi connectivity index (χ4n) is 2.62. The predicted molar refractivity (Wildman–Crippen MR) is 69.4 cm³/mol. The molecular weight excluding hydrogens is 228 g/mol. The zero-order valence-electron chi connectivity index (χ0n) is 10.8. The van der Waals surface area contributed by atoms with Gasteiger partial charge in [0.1, 0.15) is 0 Å². The molecule has 1 aromatic heterocycles. The van der Waals surface area contributed by atoms with Gasteiger partial charge >= 0.3 is 0 Å². The van der Waals surface area contributed by atoms with Crippen LogP contribution in [0.1, 0.15) is 41.7 Å². The average Bonchev–Trinajstić information content (AvgIpc) is 2.89. The summed E-state index contributed by atoms with van der Waals surface area (Å²) in [5, 5.41) is 9.14. The van der Waals surface area contributed by atoms with Gasteiger partial charge in [0.25, 0.3) is 5.91 Å². The van der Waals surface area contributed by atoms with Crippen molar-refractivity contribution in [1.82, 2.24) is 9.88 Å². The molecule has 0 saturated heterocycles. The summed E-state index contributed by atoms with van der Waals surface area (Å²) in [6.45, 7) is 2.32. The summed E-state index contributed by atoms with van der Waals surface area (Å²) >= 11 is 0. The molecule has 0 aliphatic heterocycles. The molecular formula is C14H20N2O2. The van der Waals surface area contributed by atoms with Crippen LogP contribution in [0, 0.1) is 6.92 Å². The van der Waals surface area contributed by atoms with E-state index in [0.29, 0.717) is 12.1 Å². The summed E-state index contributed by atoms with van der Waals surface area (Å²) in [5.41, 5.74) is 1.51. The monoisotopic (exact) mass is 248 g/mol. The Morgan fingerprint density at radius 1 is 1.50 bits per heavy atom. The van der Waals surface area contributed by atoms with Gasteiger partial charge in [-0.15, -0.1) is 0 Å². The quantitative estimate of drug-likeness (QED) is 0.883. The molecule has 0 radical (unpaired) electrons. The zero-order chi connectivity index (χ0) is 13.0. The molecule has 98 valence electrons. The molecule has 1 aliphatic carbocycles. The van der Waals surface area contributed by atoms with Gasteiger partial charge in [-0.2, -0.15) is 0 Å². The SMILES string of the molecule is Cc1cc(C(=O)N(CCO)C2CCCC2)ccn1. The fourth-order valence-corrected chi connectivity index (χ4v) is 2.62. The standard InChI is InChI=1S/C14H20N2O2/c1-11-10-12(6-7-15-11)14(18)16(8-9-17)13-4-2-3-5-13/h6-7,10,13,17H,2-5,8-9H2,1H3. The van der Waals surface area contributed by atoms with Crippen LogP contribution in [0.4, 0.5) is 0 Å². The van der Waals surface area contributed by atoms with Crippen molar-refractivity contribution < 1.29 is 9.90 Å². The Morgan fingerprint density at radius 3 is 2.83 bits per heavy atom. The third-order valence-corrected chi connectivity index (χ3v) is 3.51. The number of aryl methyl sites for hydroxylation is 1. The number of rotatable bonds is 4. The summed E-state index contributed by atoms with van der Waals surface area (Å²) in [6, 6.07) is 3.84. The first-order chi connectivity index (χ1) is 8.72. The molecule has 0 bridgehead atoms. The van der Waals surface area contributed by atoms with E-state index in [1.54, 1.807) is 12.3 Å². The van der Waals surface area contributed by atoms with E-state index < -0.39 is 0 Å². The van der Waals surface area contributed by atoms with Crippen molar-refractivity contribution in [2.75, 3.05) is 13.2 Å². The first kappa shape index (κ1) is 13.0. The predicted octanol–water partition coefficient (Wildman–Crippen LogP) is 1.77. The van der Waals surface area contributed by atoms with Crippen LogP contribution in [0.5, 0.6) is 0 Å². The van der Waals surface area contributed by atoms with Crippen molar-refractivity contribution >= 4 is 5.91 Å². The number of hydrogen-bond acceptors (Lipinski definition) is 3. The Morgan fingerprint density at radius 2 is 2.22 bits per heavy atom. The molecule has 0 atom stereocenters. The lowest BCUT2D eigenvalue weighted by Crippen LogP contribution is -2.40. The second-order valence-electron chi connectivity index (χ2n) is 4.85. The zero-order valence-corrected chi connectivity index (χ0v) is 10.8. The molecule has 18 heavy (non-hydrogen) atoms. The highest BCUT2D eigenvalue weighted by Crippen LogP contribution is 2.24. The van der Waals surface area contributed by atoms with Gasteiger partial charge in [-0.1, -0.05) is 12.8 Å². The Bertz CT molecular complexity index is 414. The van der Waals surface area contributed by atoms with Crippen molar-refractivity contribution in [2.24, 2.45) is 0 Å². The van der Waals surface area contributed by atoms with Gasteiger partial charge in [0.15, 0.2) is 0 Å². The number of aromatic nitrogens is 1. The van der Waals surface area contributed by atoms with Crippen molar-refractivity contribution in [3.05, 3.63) is 29.6 Å². The van der Waals surface area contributed by atoms with Gasteiger partial charge < -0.3 is 10.0 Å². The first-order valence-corrected chi connectivity index (χ1v) is 6.57. The second-order valence-corrected chi connectivity index (χ2v) is 4.85. The maximum Gasteiger partial charge on any atom is 0.254 e. The van der Waals surface area contributed by atoms with E-state index in [0.717, 1.165) is 18.5 Å². The number of aliphatic hydroxyl groups is 1.